The van der Waals surface area contributed by atoms with Crippen LogP contribution in [0.15, 0.2) is 24.3 Å². The first-order valence-electron chi connectivity index (χ1n) is 7.17. The third-order valence-electron chi connectivity index (χ3n) is 3.48. The molecule has 1 aromatic carbocycles. The van der Waals surface area contributed by atoms with E-state index in [1.165, 1.54) is 17.7 Å². The average molecular weight is 264 g/mol. The van der Waals surface area contributed by atoms with Crippen LogP contribution in [0, 0.1) is 5.92 Å². The van der Waals surface area contributed by atoms with E-state index in [2.05, 4.69) is 55.4 Å². The maximum atomic E-state index is 5.05. The van der Waals surface area contributed by atoms with E-state index in [-0.39, 0.29) is 0 Å². The summed E-state index contributed by atoms with van der Waals surface area (Å²) < 4.78 is 5.05. The van der Waals surface area contributed by atoms with Crippen molar-refractivity contribution in [3.8, 4) is 0 Å². The van der Waals surface area contributed by atoms with Crippen LogP contribution in [0.5, 0.6) is 0 Å². The molecule has 1 N–H and O–H groups in total. The van der Waals surface area contributed by atoms with E-state index < -0.39 is 0 Å². The highest BCUT2D eigenvalue weighted by Crippen LogP contribution is 2.20. The Balaban J connectivity index is 2.61. The number of rotatable bonds is 9. The molecule has 1 aromatic rings. The van der Waals surface area contributed by atoms with Crippen LogP contribution in [0.4, 0.5) is 5.69 Å². The Morgan fingerprint density at radius 2 is 2.05 bits per heavy atom. The van der Waals surface area contributed by atoms with Gasteiger partial charge in [0.15, 0.2) is 0 Å². The topological polar surface area (TPSA) is 24.5 Å². The lowest BCUT2D eigenvalue weighted by molar-refractivity contribution is 0.199. The fourth-order valence-electron chi connectivity index (χ4n) is 2.12. The fraction of sp³-hybridized carbons (Fsp3) is 0.625. The Bertz CT molecular complexity index is 354. The van der Waals surface area contributed by atoms with Crippen LogP contribution in [0.1, 0.15) is 25.8 Å². The molecule has 1 atom stereocenters. The summed E-state index contributed by atoms with van der Waals surface area (Å²) in [4.78, 5) is 2.36. The largest absolute Gasteiger partial charge is 0.383 e. The Hall–Kier alpha value is -1.06. The zero-order valence-corrected chi connectivity index (χ0v) is 12.8. The molecule has 3 heteroatoms. The van der Waals surface area contributed by atoms with E-state index in [0.717, 1.165) is 32.2 Å². The van der Waals surface area contributed by atoms with E-state index in [9.17, 15) is 0 Å². The van der Waals surface area contributed by atoms with Crippen LogP contribution in [-0.2, 0) is 11.3 Å². The van der Waals surface area contributed by atoms with Gasteiger partial charge in [-0.1, -0.05) is 38.5 Å². The van der Waals surface area contributed by atoms with Crippen molar-refractivity contribution in [2.75, 3.05) is 38.8 Å². The van der Waals surface area contributed by atoms with Crippen molar-refractivity contribution in [1.29, 1.82) is 0 Å². The molecule has 0 heterocycles. The Labute approximate surface area is 118 Å². The Morgan fingerprint density at radius 1 is 1.32 bits per heavy atom. The minimum atomic E-state index is 0.722. The standard InChI is InChI=1S/C16H28N2O/c1-5-14(2)13-18(3)16-9-7-6-8-15(16)12-17-10-11-19-4/h6-9,14,17H,5,10-13H2,1-4H3. The lowest BCUT2D eigenvalue weighted by Gasteiger charge is -2.25. The second kappa shape index (κ2) is 8.94. The van der Waals surface area contributed by atoms with Crippen LogP contribution in [-0.4, -0.2) is 33.9 Å². The highest BCUT2D eigenvalue weighted by Gasteiger charge is 2.09. The molecule has 1 unspecified atom stereocenters. The fourth-order valence-corrected chi connectivity index (χ4v) is 2.12. The molecule has 0 spiro atoms. The first-order valence-corrected chi connectivity index (χ1v) is 7.17. The molecule has 0 aliphatic carbocycles. The van der Waals surface area contributed by atoms with Crippen molar-refractivity contribution in [1.82, 2.24) is 5.32 Å². The number of benzene rings is 1. The van der Waals surface area contributed by atoms with Gasteiger partial charge in [0.2, 0.25) is 0 Å². The maximum absolute atomic E-state index is 5.05. The van der Waals surface area contributed by atoms with Gasteiger partial charge in [-0.2, -0.15) is 0 Å². The third kappa shape index (κ3) is 5.62. The molecule has 0 radical (unpaired) electrons. The molecular formula is C16H28N2O. The van der Waals surface area contributed by atoms with Crippen molar-refractivity contribution in [3.63, 3.8) is 0 Å². The molecule has 1 rings (SSSR count). The quantitative estimate of drug-likeness (QED) is 0.694. The summed E-state index contributed by atoms with van der Waals surface area (Å²) in [5.41, 5.74) is 2.68. The molecule has 0 saturated carbocycles. The lowest BCUT2D eigenvalue weighted by Crippen LogP contribution is -2.26. The molecule has 0 saturated heterocycles. The Morgan fingerprint density at radius 3 is 2.74 bits per heavy atom. The number of hydrogen-bond donors (Lipinski definition) is 1. The molecular weight excluding hydrogens is 236 g/mol. The molecule has 0 fully saturated rings. The molecule has 0 bridgehead atoms. The number of ether oxygens (including phenoxy) is 1. The van der Waals surface area contributed by atoms with Crippen LogP contribution < -0.4 is 10.2 Å². The van der Waals surface area contributed by atoms with Crippen LogP contribution in [0.25, 0.3) is 0 Å². The molecule has 108 valence electrons. The SMILES string of the molecule is CCC(C)CN(C)c1ccccc1CNCCOC. The highest BCUT2D eigenvalue weighted by atomic mass is 16.5. The van der Waals surface area contributed by atoms with Crippen LogP contribution >= 0.6 is 0 Å². The second-order valence-corrected chi connectivity index (χ2v) is 5.19. The minimum absolute atomic E-state index is 0.722. The number of anilines is 1. The van der Waals surface area contributed by atoms with Gasteiger partial charge in [0.05, 0.1) is 6.61 Å². The zero-order chi connectivity index (χ0) is 14.1. The summed E-state index contributed by atoms with van der Waals surface area (Å²) in [7, 11) is 3.91. The normalized spacial score (nSPS) is 12.4. The van der Waals surface area contributed by atoms with Gasteiger partial charge in [0, 0.05) is 39.5 Å². The monoisotopic (exact) mass is 264 g/mol. The van der Waals surface area contributed by atoms with Crippen LogP contribution in [0.3, 0.4) is 0 Å². The highest BCUT2D eigenvalue weighted by molar-refractivity contribution is 5.53. The number of methoxy groups -OCH3 is 1. The van der Waals surface area contributed by atoms with Crippen molar-refractivity contribution in [2.45, 2.75) is 26.8 Å². The predicted molar refractivity (Wildman–Crippen MR) is 82.7 cm³/mol. The van der Waals surface area contributed by atoms with E-state index in [1.807, 2.05) is 0 Å². The van der Waals surface area contributed by atoms with Gasteiger partial charge in [-0.3, -0.25) is 0 Å². The Kier molecular flexibility index (Phi) is 7.53. The minimum Gasteiger partial charge on any atom is -0.383 e. The van der Waals surface area contributed by atoms with E-state index in [0.29, 0.717) is 0 Å². The van der Waals surface area contributed by atoms with Crippen molar-refractivity contribution in [3.05, 3.63) is 29.8 Å². The van der Waals surface area contributed by atoms with Crippen molar-refractivity contribution in [2.24, 2.45) is 5.92 Å². The van der Waals surface area contributed by atoms with Crippen molar-refractivity contribution >= 4 is 5.69 Å². The van der Waals surface area contributed by atoms with Gasteiger partial charge in [0.25, 0.3) is 0 Å². The first-order chi connectivity index (χ1) is 9.19. The summed E-state index contributed by atoms with van der Waals surface area (Å²) in [5.74, 6) is 0.722. The van der Waals surface area contributed by atoms with Gasteiger partial charge in [-0.25, -0.2) is 0 Å². The predicted octanol–water partition coefficient (Wildman–Crippen LogP) is 2.90. The van der Waals surface area contributed by atoms with Gasteiger partial charge in [0.1, 0.15) is 0 Å². The number of nitrogens with one attached hydrogen (secondary N) is 1. The van der Waals surface area contributed by atoms with E-state index in [1.54, 1.807) is 7.11 Å². The first kappa shape index (κ1) is 16.0. The summed E-state index contributed by atoms with van der Waals surface area (Å²) in [6.07, 6.45) is 1.22. The van der Waals surface area contributed by atoms with Gasteiger partial charge in [-0.15, -0.1) is 0 Å². The summed E-state index contributed by atoms with van der Waals surface area (Å²) in [6, 6.07) is 8.62. The number of para-hydroxylation sites is 1. The molecule has 0 aliphatic heterocycles. The number of hydrogen-bond acceptors (Lipinski definition) is 3. The average Bonchev–Trinajstić information content (AvgIpc) is 2.43. The zero-order valence-electron chi connectivity index (χ0n) is 12.8. The summed E-state index contributed by atoms with van der Waals surface area (Å²) in [6.45, 7) is 8.19. The summed E-state index contributed by atoms with van der Waals surface area (Å²) in [5, 5.41) is 3.41. The van der Waals surface area contributed by atoms with Crippen molar-refractivity contribution < 1.29 is 4.74 Å². The van der Waals surface area contributed by atoms with Gasteiger partial charge in [-0.05, 0) is 17.5 Å². The second-order valence-electron chi connectivity index (χ2n) is 5.19. The van der Waals surface area contributed by atoms with E-state index in [4.69, 9.17) is 4.74 Å². The molecule has 0 amide bonds. The van der Waals surface area contributed by atoms with Gasteiger partial charge >= 0.3 is 0 Å². The molecule has 19 heavy (non-hydrogen) atoms. The molecule has 0 aromatic heterocycles. The smallest absolute Gasteiger partial charge is 0.0587 e. The maximum Gasteiger partial charge on any atom is 0.0587 e. The molecule has 0 aliphatic rings. The lowest BCUT2D eigenvalue weighted by atomic mass is 10.1. The third-order valence-corrected chi connectivity index (χ3v) is 3.48. The molecule has 3 nitrogen and oxygen atoms in total. The summed E-state index contributed by atoms with van der Waals surface area (Å²) >= 11 is 0. The van der Waals surface area contributed by atoms with Gasteiger partial charge < -0.3 is 15.0 Å². The van der Waals surface area contributed by atoms with Crippen LogP contribution in [0.2, 0.25) is 0 Å². The number of nitrogens with zero attached hydrogens (tertiary/aromatic N) is 1. The van der Waals surface area contributed by atoms with E-state index >= 15 is 0 Å².